The first kappa shape index (κ1) is 19.4. The maximum Gasteiger partial charge on any atom is 0.416 e. The van der Waals surface area contributed by atoms with Crippen molar-refractivity contribution in [1.82, 2.24) is 9.97 Å². The van der Waals surface area contributed by atoms with Gasteiger partial charge >= 0.3 is 12.1 Å². The molecule has 0 aromatic carbocycles. The Bertz CT molecular complexity index is 781. The highest BCUT2D eigenvalue weighted by Gasteiger charge is 2.24. The van der Waals surface area contributed by atoms with E-state index < -0.39 is 17.7 Å². The highest BCUT2D eigenvalue weighted by molar-refractivity contribution is 5.88. The molecule has 1 N–H and O–H groups in total. The van der Waals surface area contributed by atoms with Crippen LogP contribution < -0.4 is 4.90 Å². The minimum absolute atomic E-state index is 0.00433. The Morgan fingerprint density at radius 1 is 1.35 bits per heavy atom. The fraction of sp³-hybridized carbons (Fsp3) is 0.412. The van der Waals surface area contributed by atoms with Crippen molar-refractivity contribution in [1.29, 1.82) is 0 Å². The van der Waals surface area contributed by atoms with Crippen LogP contribution in [0.3, 0.4) is 0 Å². The Morgan fingerprint density at radius 3 is 2.69 bits per heavy atom. The van der Waals surface area contributed by atoms with Crippen molar-refractivity contribution < 1.29 is 28.6 Å². The van der Waals surface area contributed by atoms with Crippen molar-refractivity contribution in [3.05, 3.63) is 30.3 Å². The van der Waals surface area contributed by atoms with E-state index in [1.54, 1.807) is 32.9 Å². The predicted octanol–water partition coefficient (Wildman–Crippen LogP) is 2.26. The first-order valence-corrected chi connectivity index (χ1v) is 7.87. The fourth-order valence-corrected chi connectivity index (χ4v) is 2.02. The summed E-state index contributed by atoms with van der Waals surface area (Å²) in [5.74, 6) is -0.198. The van der Waals surface area contributed by atoms with Crippen molar-refractivity contribution in [2.24, 2.45) is 0 Å². The summed E-state index contributed by atoms with van der Waals surface area (Å²) in [7, 11) is 1.24. The Balaban J connectivity index is 2.31. The quantitative estimate of drug-likeness (QED) is 0.804. The van der Waals surface area contributed by atoms with Gasteiger partial charge in [-0.2, -0.15) is 0 Å². The molecule has 0 bridgehead atoms. The molecule has 0 spiro atoms. The molecule has 26 heavy (non-hydrogen) atoms. The van der Waals surface area contributed by atoms with Crippen molar-refractivity contribution >= 4 is 17.9 Å². The average molecular weight is 363 g/mol. The Kier molecular flexibility index (Phi) is 5.93. The molecule has 0 aliphatic carbocycles. The zero-order chi connectivity index (χ0) is 19.3. The Labute approximate surface area is 150 Å². The summed E-state index contributed by atoms with van der Waals surface area (Å²) in [6.07, 6.45) is 2.00. The van der Waals surface area contributed by atoms with Crippen molar-refractivity contribution in [3.63, 3.8) is 0 Å². The third kappa shape index (κ3) is 4.79. The largest absolute Gasteiger partial charge is 0.464 e. The maximum atomic E-state index is 12.4. The number of hydrogen-bond donors (Lipinski definition) is 1. The topological polar surface area (TPSA) is 115 Å². The molecule has 9 heteroatoms. The van der Waals surface area contributed by atoms with Gasteiger partial charge in [-0.05, 0) is 32.9 Å². The number of carbonyl (C=O) groups excluding carboxylic acids is 2. The number of oxazole rings is 1. The van der Waals surface area contributed by atoms with E-state index >= 15 is 0 Å². The molecule has 140 valence electrons. The van der Waals surface area contributed by atoms with Gasteiger partial charge < -0.3 is 19.0 Å². The molecule has 0 aliphatic rings. The number of rotatable bonds is 5. The molecular weight excluding hydrogens is 342 g/mol. The lowest BCUT2D eigenvalue weighted by molar-refractivity contribution is 0.0568. The normalized spacial score (nSPS) is 11.1. The molecule has 0 unspecified atom stereocenters. The predicted molar refractivity (Wildman–Crippen MR) is 91.7 cm³/mol. The third-order valence-corrected chi connectivity index (χ3v) is 3.11. The lowest BCUT2D eigenvalue weighted by Gasteiger charge is -2.26. The molecule has 2 aromatic rings. The van der Waals surface area contributed by atoms with Gasteiger partial charge in [0.15, 0.2) is 5.69 Å². The molecule has 1 amide bonds. The van der Waals surface area contributed by atoms with Crippen LogP contribution in [0.2, 0.25) is 0 Å². The number of anilines is 1. The van der Waals surface area contributed by atoms with E-state index in [2.05, 4.69) is 14.7 Å². The van der Waals surface area contributed by atoms with Crippen LogP contribution in [0.1, 0.15) is 31.3 Å². The van der Waals surface area contributed by atoms with Crippen LogP contribution in [0.5, 0.6) is 0 Å². The fourth-order valence-electron chi connectivity index (χ4n) is 2.02. The van der Waals surface area contributed by atoms with Gasteiger partial charge in [-0.15, -0.1) is 0 Å². The Hall–Kier alpha value is -2.94. The van der Waals surface area contributed by atoms with Crippen LogP contribution in [0.25, 0.3) is 11.5 Å². The van der Waals surface area contributed by atoms with E-state index in [-0.39, 0.29) is 30.6 Å². The number of methoxy groups -OCH3 is 1. The molecule has 0 saturated carbocycles. The second-order valence-corrected chi connectivity index (χ2v) is 6.29. The summed E-state index contributed by atoms with van der Waals surface area (Å²) >= 11 is 0. The number of aliphatic hydroxyl groups is 1. The van der Waals surface area contributed by atoms with Crippen LogP contribution in [0.15, 0.2) is 29.0 Å². The second-order valence-electron chi connectivity index (χ2n) is 6.29. The lowest BCUT2D eigenvalue weighted by atomic mass is 10.2. The molecule has 0 saturated heterocycles. The van der Waals surface area contributed by atoms with Crippen LogP contribution in [0.4, 0.5) is 10.6 Å². The van der Waals surface area contributed by atoms with Crippen molar-refractivity contribution in [2.75, 3.05) is 25.2 Å². The van der Waals surface area contributed by atoms with Crippen LogP contribution >= 0.6 is 0 Å². The minimum Gasteiger partial charge on any atom is -0.464 e. The van der Waals surface area contributed by atoms with Gasteiger partial charge in [0.05, 0.1) is 20.3 Å². The zero-order valence-electron chi connectivity index (χ0n) is 15.1. The average Bonchev–Trinajstić information content (AvgIpc) is 3.07. The SMILES string of the molecule is COC(=O)c1coc(-c2ccnc(N(CCO)C(=O)OC(C)(C)C)c2)n1. The van der Waals surface area contributed by atoms with Gasteiger partial charge in [-0.3, -0.25) is 4.90 Å². The summed E-state index contributed by atoms with van der Waals surface area (Å²) in [5.41, 5.74) is -0.169. The summed E-state index contributed by atoms with van der Waals surface area (Å²) in [5, 5.41) is 9.26. The van der Waals surface area contributed by atoms with E-state index in [4.69, 9.17) is 9.15 Å². The van der Waals surface area contributed by atoms with E-state index in [1.807, 2.05) is 0 Å². The number of pyridine rings is 1. The van der Waals surface area contributed by atoms with Gasteiger partial charge in [0.25, 0.3) is 0 Å². The molecule has 2 heterocycles. The summed E-state index contributed by atoms with van der Waals surface area (Å²) in [6, 6.07) is 3.16. The monoisotopic (exact) mass is 363 g/mol. The summed E-state index contributed by atoms with van der Waals surface area (Å²) in [6.45, 7) is 4.97. The number of amides is 1. The van der Waals surface area contributed by atoms with Crippen LogP contribution in [-0.4, -0.2) is 53.0 Å². The molecule has 0 radical (unpaired) electrons. The van der Waals surface area contributed by atoms with Gasteiger partial charge in [0.1, 0.15) is 17.7 Å². The smallest absolute Gasteiger partial charge is 0.416 e. The number of nitrogens with zero attached hydrogens (tertiary/aromatic N) is 3. The van der Waals surface area contributed by atoms with Crippen molar-refractivity contribution in [2.45, 2.75) is 26.4 Å². The second kappa shape index (κ2) is 7.96. The van der Waals surface area contributed by atoms with Gasteiger partial charge in [0.2, 0.25) is 5.89 Å². The van der Waals surface area contributed by atoms with E-state index in [0.717, 1.165) is 0 Å². The first-order valence-electron chi connectivity index (χ1n) is 7.87. The molecule has 2 rings (SSSR count). The number of aromatic nitrogens is 2. The molecule has 2 aromatic heterocycles. The minimum atomic E-state index is -0.694. The first-order chi connectivity index (χ1) is 12.2. The molecule has 0 aliphatic heterocycles. The molecule has 9 nitrogen and oxygen atoms in total. The number of carbonyl (C=O) groups is 2. The standard InChI is InChI=1S/C17H21N3O6/c1-17(2,3)26-16(23)20(7-8-21)13-9-11(5-6-18-13)14-19-12(10-25-14)15(22)24-4/h5-6,9-10,21H,7-8H2,1-4H3. The maximum absolute atomic E-state index is 12.4. The van der Waals surface area contributed by atoms with E-state index in [0.29, 0.717) is 5.56 Å². The molecule has 0 atom stereocenters. The zero-order valence-corrected chi connectivity index (χ0v) is 15.1. The number of ether oxygens (including phenoxy) is 2. The molecular formula is C17H21N3O6. The highest BCUT2D eigenvalue weighted by Crippen LogP contribution is 2.24. The van der Waals surface area contributed by atoms with Gasteiger partial charge in [-0.25, -0.2) is 19.6 Å². The van der Waals surface area contributed by atoms with E-state index in [1.165, 1.54) is 24.5 Å². The number of esters is 1. The van der Waals surface area contributed by atoms with Gasteiger partial charge in [0, 0.05) is 11.8 Å². The van der Waals surface area contributed by atoms with Crippen LogP contribution in [0, 0.1) is 0 Å². The summed E-state index contributed by atoms with van der Waals surface area (Å²) < 4.78 is 15.2. The lowest BCUT2D eigenvalue weighted by Crippen LogP contribution is -2.39. The third-order valence-electron chi connectivity index (χ3n) is 3.11. The van der Waals surface area contributed by atoms with Crippen LogP contribution in [-0.2, 0) is 9.47 Å². The van der Waals surface area contributed by atoms with Gasteiger partial charge in [-0.1, -0.05) is 0 Å². The molecule has 0 fully saturated rings. The van der Waals surface area contributed by atoms with Crippen molar-refractivity contribution in [3.8, 4) is 11.5 Å². The summed E-state index contributed by atoms with van der Waals surface area (Å²) in [4.78, 5) is 33.3. The van der Waals surface area contributed by atoms with E-state index in [9.17, 15) is 14.7 Å². The number of hydrogen-bond acceptors (Lipinski definition) is 8. The number of aliphatic hydroxyl groups excluding tert-OH is 1. The Morgan fingerprint density at radius 2 is 2.08 bits per heavy atom. The highest BCUT2D eigenvalue weighted by atomic mass is 16.6.